The lowest BCUT2D eigenvalue weighted by Gasteiger charge is -2.03. The van der Waals surface area contributed by atoms with Gasteiger partial charge in [0.15, 0.2) is 11.3 Å². The second-order valence-electron chi connectivity index (χ2n) is 4.73. The van der Waals surface area contributed by atoms with Crippen LogP contribution in [0.2, 0.25) is 0 Å². The fraction of sp³-hybridized carbons (Fsp3) is 0.214. The van der Waals surface area contributed by atoms with Crippen molar-refractivity contribution < 1.29 is 9.59 Å². The largest absolute Gasteiger partial charge is 0.354 e. The number of aromatic nitrogens is 5. The van der Waals surface area contributed by atoms with Crippen molar-refractivity contribution in [2.75, 3.05) is 12.4 Å². The summed E-state index contributed by atoms with van der Waals surface area (Å²) in [7, 11) is 1.51. The Morgan fingerprint density at radius 2 is 2.13 bits per heavy atom. The fourth-order valence-corrected chi connectivity index (χ4v) is 2.14. The van der Waals surface area contributed by atoms with E-state index in [9.17, 15) is 9.59 Å². The molecule has 2 N–H and O–H groups in total. The van der Waals surface area contributed by atoms with Gasteiger partial charge in [-0.3, -0.25) is 14.3 Å². The molecule has 3 heterocycles. The standard InChI is InChI=1S/C14H15N7O2/c1-3-20-8-10(11(19-20)14(23)15-2)18-13(22)9-7-17-21-6-4-5-16-12(9)21/h4-8H,3H2,1-2H3,(H,15,23)(H,18,22). The summed E-state index contributed by atoms with van der Waals surface area (Å²) in [5.41, 5.74) is 1.26. The maximum atomic E-state index is 12.5. The minimum absolute atomic E-state index is 0.159. The highest BCUT2D eigenvalue weighted by Gasteiger charge is 2.20. The van der Waals surface area contributed by atoms with Gasteiger partial charge in [-0.15, -0.1) is 0 Å². The van der Waals surface area contributed by atoms with Crippen molar-refractivity contribution in [3.05, 3.63) is 42.1 Å². The quantitative estimate of drug-likeness (QED) is 0.732. The summed E-state index contributed by atoms with van der Waals surface area (Å²) in [6, 6.07) is 1.72. The molecular formula is C14H15N7O2. The smallest absolute Gasteiger partial charge is 0.273 e. The first-order chi connectivity index (χ1) is 11.1. The highest BCUT2D eigenvalue weighted by atomic mass is 16.2. The van der Waals surface area contributed by atoms with Gasteiger partial charge in [0.05, 0.1) is 11.9 Å². The SMILES string of the molecule is CCn1cc(NC(=O)c2cnn3cccnc23)c(C(=O)NC)n1. The van der Waals surface area contributed by atoms with E-state index < -0.39 is 5.91 Å². The van der Waals surface area contributed by atoms with Gasteiger partial charge in [0.1, 0.15) is 5.56 Å². The van der Waals surface area contributed by atoms with Gasteiger partial charge in [-0.2, -0.15) is 10.2 Å². The lowest BCUT2D eigenvalue weighted by molar-refractivity contribution is 0.0958. The number of rotatable bonds is 4. The molecule has 118 valence electrons. The molecule has 3 aromatic rings. The summed E-state index contributed by atoms with van der Waals surface area (Å²) in [5.74, 6) is -0.773. The van der Waals surface area contributed by atoms with E-state index in [4.69, 9.17) is 0 Å². The maximum absolute atomic E-state index is 12.5. The predicted octanol–water partition coefficient (Wildman–Crippen LogP) is 0.558. The minimum Gasteiger partial charge on any atom is -0.354 e. The summed E-state index contributed by atoms with van der Waals surface area (Å²) < 4.78 is 3.08. The number of hydrogen-bond donors (Lipinski definition) is 2. The van der Waals surface area contributed by atoms with E-state index in [1.807, 2.05) is 6.92 Å². The summed E-state index contributed by atoms with van der Waals surface area (Å²) in [6.45, 7) is 2.47. The van der Waals surface area contributed by atoms with Crippen LogP contribution in [0.4, 0.5) is 5.69 Å². The molecule has 0 aliphatic rings. The zero-order valence-electron chi connectivity index (χ0n) is 12.6. The normalized spacial score (nSPS) is 10.7. The Morgan fingerprint density at radius 1 is 1.30 bits per heavy atom. The molecular weight excluding hydrogens is 298 g/mol. The molecule has 0 bridgehead atoms. The Hall–Kier alpha value is -3.23. The first kappa shape index (κ1) is 14.7. The number of anilines is 1. The van der Waals surface area contributed by atoms with Crippen LogP contribution in [0.1, 0.15) is 27.8 Å². The number of aryl methyl sites for hydroxylation is 1. The molecule has 0 atom stereocenters. The number of hydrogen-bond acceptors (Lipinski definition) is 5. The van der Waals surface area contributed by atoms with Crippen LogP contribution >= 0.6 is 0 Å². The van der Waals surface area contributed by atoms with Crippen LogP contribution in [-0.4, -0.2) is 43.2 Å². The lowest BCUT2D eigenvalue weighted by Crippen LogP contribution is -2.21. The number of amides is 2. The number of fused-ring (bicyclic) bond motifs is 1. The Balaban J connectivity index is 1.94. The van der Waals surface area contributed by atoms with Crippen molar-refractivity contribution in [3.8, 4) is 0 Å². The number of nitrogens with one attached hydrogen (secondary N) is 2. The zero-order valence-corrected chi connectivity index (χ0v) is 12.6. The molecule has 0 saturated carbocycles. The summed E-state index contributed by atoms with van der Waals surface area (Å²) in [4.78, 5) is 28.5. The van der Waals surface area contributed by atoms with Crippen molar-refractivity contribution in [2.24, 2.45) is 0 Å². The summed E-state index contributed by atoms with van der Waals surface area (Å²) in [5, 5.41) is 13.4. The van der Waals surface area contributed by atoms with Crippen LogP contribution in [-0.2, 0) is 6.54 Å². The van der Waals surface area contributed by atoms with Crippen LogP contribution in [0.5, 0.6) is 0 Å². The molecule has 9 heteroatoms. The minimum atomic E-state index is -0.403. The summed E-state index contributed by atoms with van der Waals surface area (Å²) in [6.07, 6.45) is 6.33. The predicted molar refractivity (Wildman–Crippen MR) is 82.2 cm³/mol. The third kappa shape index (κ3) is 2.63. The number of nitrogens with zero attached hydrogens (tertiary/aromatic N) is 5. The first-order valence-corrected chi connectivity index (χ1v) is 7.03. The molecule has 0 spiro atoms. The van der Waals surface area contributed by atoms with Gasteiger partial charge in [0, 0.05) is 32.2 Å². The van der Waals surface area contributed by atoms with Crippen LogP contribution in [0, 0.1) is 0 Å². The number of carbonyl (C=O) groups excluding carboxylic acids is 2. The van der Waals surface area contributed by atoms with Crippen molar-refractivity contribution in [1.82, 2.24) is 29.7 Å². The molecule has 0 saturated heterocycles. The van der Waals surface area contributed by atoms with Gasteiger partial charge in [-0.1, -0.05) is 0 Å². The second-order valence-corrected chi connectivity index (χ2v) is 4.73. The molecule has 3 rings (SSSR count). The molecule has 3 aromatic heterocycles. The van der Waals surface area contributed by atoms with Crippen LogP contribution in [0.3, 0.4) is 0 Å². The Bertz CT molecular complexity index is 880. The van der Waals surface area contributed by atoms with E-state index in [0.717, 1.165) is 0 Å². The monoisotopic (exact) mass is 313 g/mol. The van der Waals surface area contributed by atoms with Gasteiger partial charge in [0.2, 0.25) is 0 Å². The Morgan fingerprint density at radius 3 is 2.87 bits per heavy atom. The van der Waals surface area contributed by atoms with Crippen molar-refractivity contribution in [3.63, 3.8) is 0 Å². The van der Waals surface area contributed by atoms with Gasteiger partial charge in [-0.05, 0) is 13.0 Å². The molecule has 2 amide bonds. The third-order valence-electron chi connectivity index (χ3n) is 3.30. The van der Waals surface area contributed by atoms with Crippen LogP contribution in [0.25, 0.3) is 5.65 Å². The highest BCUT2D eigenvalue weighted by molar-refractivity contribution is 6.10. The average Bonchev–Trinajstić information content (AvgIpc) is 3.18. The van der Waals surface area contributed by atoms with E-state index in [1.165, 1.54) is 17.8 Å². The van der Waals surface area contributed by atoms with E-state index in [2.05, 4.69) is 25.8 Å². The topological polar surface area (TPSA) is 106 Å². The summed E-state index contributed by atoms with van der Waals surface area (Å²) >= 11 is 0. The molecule has 0 aromatic carbocycles. The molecule has 23 heavy (non-hydrogen) atoms. The zero-order chi connectivity index (χ0) is 16.4. The van der Waals surface area contributed by atoms with Crippen molar-refractivity contribution >= 4 is 23.1 Å². The second kappa shape index (κ2) is 5.87. The lowest BCUT2D eigenvalue weighted by atomic mass is 10.3. The van der Waals surface area contributed by atoms with E-state index in [1.54, 1.807) is 29.3 Å². The number of carbonyl (C=O) groups is 2. The first-order valence-electron chi connectivity index (χ1n) is 7.03. The van der Waals surface area contributed by atoms with Gasteiger partial charge < -0.3 is 10.6 Å². The Kier molecular flexibility index (Phi) is 3.75. The maximum Gasteiger partial charge on any atom is 0.273 e. The van der Waals surface area contributed by atoms with E-state index in [-0.39, 0.29) is 11.6 Å². The van der Waals surface area contributed by atoms with Crippen LogP contribution < -0.4 is 10.6 Å². The molecule has 0 fully saturated rings. The van der Waals surface area contributed by atoms with E-state index >= 15 is 0 Å². The average molecular weight is 313 g/mol. The molecule has 0 radical (unpaired) electrons. The molecule has 0 unspecified atom stereocenters. The van der Waals surface area contributed by atoms with Gasteiger partial charge in [-0.25, -0.2) is 9.50 Å². The molecule has 9 nitrogen and oxygen atoms in total. The van der Waals surface area contributed by atoms with Crippen LogP contribution in [0.15, 0.2) is 30.9 Å². The van der Waals surface area contributed by atoms with Crippen molar-refractivity contribution in [2.45, 2.75) is 13.5 Å². The molecule has 0 aliphatic carbocycles. The molecule has 0 aliphatic heterocycles. The van der Waals surface area contributed by atoms with Crippen molar-refractivity contribution in [1.29, 1.82) is 0 Å². The van der Waals surface area contributed by atoms with Gasteiger partial charge in [0.25, 0.3) is 11.8 Å². The van der Waals surface area contributed by atoms with E-state index in [0.29, 0.717) is 23.4 Å². The fourth-order valence-electron chi connectivity index (χ4n) is 2.14. The van der Waals surface area contributed by atoms with Gasteiger partial charge >= 0.3 is 0 Å². The third-order valence-corrected chi connectivity index (χ3v) is 3.30. The highest BCUT2D eigenvalue weighted by Crippen LogP contribution is 2.16. The Labute approximate surface area is 131 Å².